The molecule has 3 aromatic carbocycles. The number of nitrogens with one attached hydrogen (secondary N) is 1. The summed E-state index contributed by atoms with van der Waals surface area (Å²) in [6.07, 6.45) is 1.83. The fourth-order valence-electron chi connectivity index (χ4n) is 4.04. The van der Waals surface area contributed by atoms with Crippen LogP contribution in [0.3, 0.4) is 0 Å². The fraction of sp³-hybridized carbons (Fsp3) is 0.192. The third-order valence-corrected chi connectivity index (χ3v) is 5.62. The lowest BCUT2D eigenvalue weighted by Crippen LogP contribution is -2.26. The van der Waals surface area contributed by atoms with Gasteiger partial charge in [0.15, 0.2) is 0 Å². The second-order valence-corrected chi connectivity index (χ2v) is 7.57. The van der Waals surface area contributed by atoms with E-state index in [4.69, 9.17) is 9.47 Å². The van der Waals surface area contributed by atoms with Crippen LogP contribution in [0.2, 0.25) is 0 Å². The molecule has 0 saturated carbocycles. The zero-order valence-corrected chi connectivity index (χ0v) is 16.6. The summed E-state index contributed by atoms with van der Waals surface area (Å²) >= 11 is 0. The molecule has 0 unspecified atom stereocenters. The molecule has 0 radical (unpaired) electrons. The largest absolute Gasteiger partial charge is 0.489 e. The molecule has 0 amide bonds. The smallest absolute Gasteiger partial charge is 0.137 e. The molecule has 1 aromatic heterocycles. The highest BCUT2D eigenvalue weighted by Crippen LogP contribution is 2.34. The van der Waals surface area contributed by atoms with E-state index < -0.39 is 0 Å². The van der Waals surface area contributed by atoms with Gasteiger partial charge in [-0.3, -0.25) is 0 Å². The quantitative estimate of drug-likeness (QED) is 0.467. The number of nitriles is 1. The first-order valence-electron chi connectivity index (χ1n) is 10.3. The normalized spacial score (nSPS) is 14.5. The molecule has 0 spiro atoms. The minimum Gasteiger partial charge on any atom is -0.489 e. The average Bonchev–Trinajstić information content (AvgIpc) is 3.25. The number of fused-ring (bicyclic) bond motifs is 1. The molecule has 4 heteroatoms. The SMILES string of the molecule is N#Cc1cc(-c2cccc3[nH]c(-c4ccccc4)cc23)ccc1OC1CCOCC1. The number of benzene rings is 3. The van der Waals surface area contributed by atoms with Gasteiger partial charge in [-0.15, -0.1) is 0 Å². The zero-order chi connectivity index (χ0) is 20.3. The molecule has 1 saturated heterocycles. The Balaban J connectivity index is 1.52. The molecule has 0 aliphatic carbocycles. The highest BCUT2D eigenvalue weighted by molar-refractivity contribution is 5.98. The number of aromatic amines is 1. The molecule has 1 aliphatic rings. The Morgan fingerprint density at radius 2 is 1.73 bits per heavy atom. The van der Waals surface area contributed by atoms with Gasteiger partial charge in [0.2, 0.25) is 0 Å². The third-order valence-electron chi connectivity index (χ3n) is 5.62. The first-order valence-corrected chi connectivity index (χ1v) is 10.3. The Bertz CT molecular complexity index is 1220. The maximum Gasteiger partial charge on any atom is 0.137 e. The van der Waals surface area contributed by atoms with Gasteiger partial charge in [0.1, 0.15) is 17.9 Å². The minimum absolute atomic E-state index is 0.109. The van der Waals surface area contributed by atoms with Crippen molar-refractivity contribution in [3.8, 4) is 34.2 Å². The Morgan fingerprint density at radius 3 is 2.53 bits per heavy atom. The lowest BCUT2D eigenvalue weighted by atomic mass is 9.99. The summed E-state index contributed by atoms with van der Waals surface area (Å²) in [7, 11) is 0. The van der Waals surface area contributed by atoms with Crippen LogP contribution in [0.15, 0.2) is 72.8 Å². The highest BCUT2D eigenvalue weighted by atomic mass is 16.5. The molecule has 1 fully saturated rings. The van der Waals surface area contributed by atoms with E-state index in [1.54, 1.807) is 0 Å². The number of H-pyrrole nitrogens is 1. The van der Waals surface area contributed by atoms with Crippen LogP contribution in [-0.2, 0) is 4.74 Å². The molecule has 2 heterocycles. The van der Waals surface area contributed by atoms with Crippen LogP contribution in [0, 0.1) is 11.3 Å². The first kappa shape index (κ1) is 18.5. The number of hydrogen-bond donors (Lipinski definition) is 1. The van der Waals surface area contributed by atoms with Crippen molar-refractivity contribution in [1.82, 2.24) is 4.98 Å². The Labute approximate surface area is 175 Å². The summed E-state index contributed by atoms with van der Waals surface area (Å²) in [5, 5.41) is 10.9. The third kappa shape index (κ3) is 3.56. The van der Waals surface area contributed by atoms with Crippen molar-refractivity contribution in [2.24, 2.45) is 0 Å². The van der Waals surface area contributed by atoms with Crippen molar-refractivity contribution < 1.29 is 9.47 Å². The maximum atomic E-state index is 9.72. The Kier molecular flexibility index (Phi) is 4.96. The van der Waals surface area contributed by atoms with E-state index in [-0.39, 0.29) is 6.10 Å². The van der Waals surface area contributed by atoms with Gasteiger partial charge in [-0.25, -0.2) is 0 Å². The van der Waals surface area contributed by atoms with E-state index in [9.17, 15) is 5.26 Å². The second kappa shape index (κ2) is 8.06. The fourth-order valence-corrected chi connectivity index (χ4v) is 4.04. The summed E-state index contributed by atoms with van der Waals surface area (Å²) in [5.74, 6) is 0.652. The van der Waals surface area contributed by atoms with Gasteiger partial charge in [-0.2, -0.15) is 5.26 Å². The van der Waals surface area contributed by atoms with E-state index >= 15 is 0 Å². The molecule has 1 aliphatic heterocycles. The van der Waals surface area contributed by atoms with E-state index in [1.165, 1.54) is 0 Å². The van der Waals surface area contributed by atoms with Crippen molar-refractivity contribution in [2.45, 2.75) is 18.9 Å². The van der Waals surface area contributed by atoms with Gasteiger partial charge in [0.25, 0.3) is 0 Å². The summed E-state index contributed by atoms with van der Waals surface area (Å²) < 4.78 is 11.5. The highest BCUT2D eigenvalue weighted by Gasteiger charge is 2.18. The Morgan fingerprint density at radius 1 is 0.900 bits per heavy atom. The summed E-state index contributed by atoms with van der Waals surface area (Å²) in [6, 6.07) is 26.9. The lowest BCUT2D eigenvalue weighted by molar-refractivity contribution is 0.0254. The topological polar surface area (TPSA) is 58.0 Å². The van der Waals surface area contributed by atoms with E-state index in [1.807, 2.05) is 42.5 Å². The molecular formula is C26H22N2O2. The predicted molar refractivity (Wildman–Crippen MR) is 118 cm³/mol. The average molecular weight is 394 g/mol. The number of aromatic nitrogens is 1. The van der Waals surface area contributed by atoms with Crippen LogP contribution < -0.4 is 4.74 Å². The second-order valence-electron chi connectivity index (χ2n) is 7.57. The van der Waals surface area contributed by atoms with Crippen LogP contribution >= 0.6 is 0 Å². The standard InChI is InChI=1S/C26H22N2O2/c27-17-20-15-19(9-10-26(20)30-21-11-13-29-14-12-21)22-7-4-8-24-23(22)16-25(28-24)18-5-2-1-3-6-18/h1-10,15-16,21,28H,11-14H2. The maximum absolute atomic E-state index is 9.72. The molecule has 5 rings (SSSR count). The monoisotopic (exact) mass is 394 g/mol. The van der Waals surface area contributed by atoms with Gasteiger partial charge in [-0.1, -0.05) is 48.5 Å². The lowest BCUT2D eigenvalue weighted by Gasteiger charge is -2.24. The number of rotatable bonds is 4. The van der Waals surface area contributed by atoms with Gasteiger partial charge in [0, 0.05) is 29.4 Å². The Hall–Kier alpha value is -3.55. The number of ether oxygens (including phenoxy) is 2. The van der Waals surface area contributed by atoms with Crippen molar-refractivity contribution in [2.75, 3.05) is 13.2 Å². The predicted octanol–water partition coefficient (Wildman–Crippen LogP) is 5.93. The van der Waals surface area contributed by atoms with Crippen molar-refractivity contribution in [1.29, 1.82) is 5.26 Å². The minimum atomic E-state index is 0.109. The molecule has 4 nitrogen and oxygen atoms in total. The summed E-state index contributed by atoms with van der Waals surface area (Å²) in [4.78, 5) is 3.51. The summed E-state index contributed by atoms with van der Waals surface area (Å²) in [5.41, 5.74) is 5.98. The van der Waals surface area contributed by atoms with Crippen molar-refractivity contribution in [3.63, 3.8) is 0 Å². The van der Waals surface area contributed by atoms with Crippen molar-refractivity contribution in [3.05, 3.63) is 78.4 Å². The van der Waals surface area contributed by atoms with Gasteiger partial charge >= 0.3 is 0 Å². The van der Waals surface area contributed by atoms with E-state index in [2.05, 4.69) is 41.4 Å². The molecule has 1 N–H and O–H groups in total. The molecule has 0 bridgehead atoms. The van der Waals surface area contributed by atoms with Crippen LogP contribution in [-0.4, -0.2) is 24.3 Å². The first-order chi connectivity index (χ1) is 14.8. The van der Waals surface area contributed by atoms with Crippen LogP contribution in [0.25, 0.3) is 33.3 Å². The van der Waals surface area contributed by atoms with Gasteiger partial charge in [-0.05, 0) is 41.0 Å². The van der Waals surface area contributed by atoms with Crippen LogP contribution in [0.1, 0.15) is 18.4 Å². The molecule has 30 heavy (non-hydrogen) atoms. The van der Waals surface area contributed by atoms with Crippen LogP contribution in [0.5, 0.6) is 5.75 Å². The van der Waals surface area contributed by atoms with E-state index in [0.717, 1.165) is 46.1 Å². The van der Waals surface area contributed by atoms with Crippen LogP contribution in [0.4, 0.5) is 0 Å². The number of nitrogens with zero attached hydrogens (tertiary/aromatic N) is 1. The molecule has 148 valence electrons. The van der Waals surface area contributed by atoms with Crippen molar-refractivity contribution >= 4 is 10.9 Å². The van der Waals surface area contributed by atoms with E-state index in [0.29, 0.717) is 24.5 Å². The van der Waals surface area contributed by atoms with Gasteiger partial charge in [0.05, 0.1) is 18.8 Å². The molecule has 4 aromatic rings. The summed E-state index contributed by atoms with van der Waals surface area (Å²) in [6.45, 7) is 1.42. The number of hydrogen-bond acceptors (Lipinski definition) is 3. The van der Waals surface area contributed by atoms with Gasteiger partial charge < -0.3 is 14.5 Å². The zero-order valence-electron chi connectivity index (χ0n) is 16.6. The molecule has 0 atom stereocenters. The molecular weight excluding hydrogens is 372 g/mol.